The Balaban J connectivity index is 2.62. The fourth-order valence-corrected chi connectivity index (χ4v) is 1.62. The maximum Gasteiger partial charge on any atom is 0.335 e. The smallest absolute Gasteiger partial charge is 0.335 e. The van der Waals surface area contributed by atoms with Crippen LogP contribution in [0.1, 0.15) is 30.1 Å². The molecule has 19 heavy (non-hydrogen) atoms. The Morgan fingerprint density at radius 3 is 2.42 bits per heavy atom. The monoisotopic (exact) mass is 273 g/mol. The van der Waals surface area contributed by atoms with E-state index in [9.17, 15) is 13.6 Å². The van der Waals surface area contributed by atoms with Crippen molar-refractivity contribution in [3.8, 4) is 0 Å². The molecule has 106 valence electrons. The SMILES string of the molecule is CC(CO)CCCNc1c(F)cc(C(=O)O)cc1F. The lowest BCUT2D eigenvalue weighted by Gasteiger charge is -2.11. The first-order valence-corrected chi connectivity index (χ1v) is 6.02. The highest BCUT2D eigenvalue weighted by molar-refractivity contribution is 5.88. The van der Waals surface area contributed by atoms with Crippen molar-refractivity contribution < 1.29 is 23.8 Å². The molecule has 0 heterocycles. The van der Waals surface area contributed by atoms with Crippen LogP contribution in [0.2, 0.25) is 0 Å². The molecule has 6 heteroatoms. The largest absolute Gasteiger partial charge is 0.478 e. The number of benzene rings is 1. The summed E-state index contributed by atoms with van der Waals surface area (Å²) in [5.74, 6) is -3.08. The Labute approximate surface area is 110 Å². The minimum Gasteiger partial charge on any atom is -0.478 e. The van der Waals surface area contributed by atoms with Crippen LogP contribution in [0.25, 0.3) is 0 Å². The van der Waals surface area contributed by atoms with E-state index in [4.69, 9.17) is 10.2 Å². The zero-order valence-electron chi connectivity index (χ0n) is 10.6. The van der Waals surface area contributed by atoms with Gasteiger partial charge in [0.05, 0.1) is 5.56 Å². The van der Waals surface area contributed by atoms with Crippen molar-refractivity contribution >= 4 is 11.7 Å². The second kappa shape index (κ2) is 7.04. The third kappa shape index (κ3) is 4.48. The van der Waals surface area contributed by atoms with E-state index in [1.54, 1.807) is 0 Å². The maximum absolute atomic E-state index is 13.5. The van der Waals surface area contributed by atoms with Gasteiger partial charge in [-0.1, -0.05) is 6.92 Å². The van der Waals surface area contributed by atoms with Gasteiger partial charge in [-0.15, -0.1) is 0 Å². The summed E-state index contributed by atoms with van der Waals surface area (Å²) < 4.78 is 27.0. The zero-order valence-corrected chi connectivity index (χ0v) is 10.6. The van der Waals surface area contributed by atoms with Crippen LogP contribution in [0.5, 0.6) is 0 Å². The van der Waals surface area contributed by atoms with Gasteiger partial charge >= 0.3 is 5.97 Å². The number of hydrogen-bond donors (Lipinski definition) is 3. The summed E-state index contributed by atoms with van der Waals surface area (Å²) in [6.45, 7) is 2.31. The van der Waals surface area contributed by atoms with E-state index in [0.717, 1.165) is 18.6 Å². The molecule has 0 aliphatic rings. The molecule has 1 aromatic carbocycles. The van der Waals surface area contributed by atoms with E-state index >= 15 is 0 Å². The molecule has 0 aromatic heterocycles. The zero-order chi connectivity index (χ0) is 14.4. The quantitative estimate of drug-likeness (QED) is 0.667. The van der Waals surface area contributed by atoms with Crippen molar-refractivity contribution in [1.82, 2.24) is 0 Å². The first-order chi connectivity index (χ1) is 8.95. The van der Waals surface area contributed by atoms with Crippen LogP contribution < -0.4 is 5.32 Å². The number of carboxylic acids is 1. The highest BCUT2D eigenvalue weighted by atomic mass is 19.1. The normalized spacial score (nSPS) is 12.2. The molecule has 0 saturated carbocycles. The number of aliphatic hydroxyl groups excluding tert-OH is 1. The summed E-state index contributed by atoms with van der Waals surface area (Å²) in [5.41, 5.74) is -0.740. The average molecular weight is 273 g/mol. The Bertz CT molecular complexity index is 429. The van der Waals surface area contributed by atoms with Gasteiger partial charge in [-0.25, -0.2) is 13.6 Å². The molecule has 4 nitrogen and oxygen atoms in total. The molecule has 0 bridgehead atoms. The van der Waals surface area contributed by atoms with Gasteiger partial charge in [-0.2, -0.15) is 0 Å². The van der Waals surface area contributed by atoms with Crippen LogP contribution in [0.15, 0.2) is 12.1 Å². The number of carboxylic acid groups (broad SMARTS) is 1. The third-order valence-corrected chi connectivity index (χ3v) is 2.78. The van der Waals surface area contributed by atoms with Crippen molar-refractivity contribution in [2.24, 2.45) is 5.92 Å². The number of aromatic carboxylic acids is 1. The highest BCUT2D eigenvalue weighted by Gasteiger charge is 2.14. The summed E-state index contributed by atoms with van der Waals surface area (Å²) in [5, 5.41) is 20.1. The van der Waals surface area contributed by atoms with Crippen LogP contribution in [-0.2, 0) is 0 Å². The van der Waals surface area contributed by atoms with Crippen LogP contribution >= 0.6 is 0 Å². The number of halogens is 2. The molecular weight excluding hydrogens is 256 g/mol. The van der Waals surface area contributed by atoms with E-state index < -0.39 is 23.2 Å². The lowest BCUT2D eigenvalue weighted by Crippen LogP contribution is -2.10. The Hall–Kier alpha value is -1.69. The molecule has 1 rings (SSSR count). The minimum absolute atomic E-state index is 0.0794. The van der Waals surface area contributed by atoms with Crippen molar-refractivity contribution in [3.63, 3.8) is 0 Å². The molecule has 1 aromatic rings. The first kappa shape index (κ1) is 15.4. The van der Waals surface area contributed by atoms with Gasteiger partial charge in [-0.3, -0.25) is 0 Å². The molecule has 0 amide bonds. The van der Waals surface area contributed by atoms with Crippen LogP contribution in [0.4, 0.5) is 14.5 Å². The van der Waals surface area contributed by atoms with Gasteiger partial charge in [0, 0.05) is 13.2 Å². The van der Waals surface area contributed by atoms with Crippen LogP contribution in [0, 0.1) is 17.6 Å². The van der Waals surface area contributed by atoms with E-state index in [1.165, 1.54) is 0 Å². The van der Waals surface area contributed by atoms with Gasteiger partial charge in [0.2, 0.25) is 0 Å². The Morgan fingerprint density at radius 2 is 1.95 bits per heavy atom. The van der Waals surface area contributed by atoms with Gasteiger partial charge in [-0.05, 0) is 30.9 Å². The second-order valence-electron chi connectivity index (χ2n) is 4.48. The number of hydrogen-bond acceptors (Lipinski definition) is 3. The number of aliphatic hydroxyl groups is 1. The van der Waals surface area contributed by atoms with Crippen LogP contribution in [0.3, 0.4) is 0 Å². The van der Waals surface area contributed by atoms with Gasteiger partial charge < -0.3 is 15.5 Å². The molecule has 0 aliphatic heterocycles. The highest BCUT2D eigenvalue weighted by Crippen LogP contribution is 2.21. The lowest BCUT2D eigenvalue weighted by molar-refractivity contribution is 0.0696. The van der Waals surface area contributed by atoms with Gasteiger partial charge in [0.15, 0.2) is 0 Å². The third-order valence-electron chi connectivity index (χ3n) is 2.78. The van der Waals surface area contributed by atoms with E-state index in [1.807, 2.05) is 6.92 Å². The van der Waals surface area contributed by atoms with Gasteiger partial charge in [0.25, 0.3) is 0 Å². The van der Waals surface area contributed by atoms with Crippen molar-refractivity contribution in [2.75, 3.05) is 18.5 Å². The number of carbonyl (C=O) groups is 1. The lowest BCUT2D eigenvalue weighted by atomic mass is 10.1. The minimum atomic E-state index is -1.37. The number of nitrogens with one attached hydrogen (secondary N) is 1. The summed E-state index contributed by atoms with van der Waals surface area (Å²) in [7, 11) is 0. The van der Waals surface area contributed by atoms with E-state index in [-0.39, 0.29) is 18.2 Å². The summed E-state index contributed by atoms with van der Waals surface area (Å²) >= 11 is 0. The predicted molar refractivity (Wildman–Crippen MR) is 67.3 cm³/mol. The second-order valence-corrected chi connectivity index (χ2v) is 4.48. The molecule has 0 fully saturated rings. The fourth-order valence-electron chi connectivity index (χ4n) is 1.62. The standard InChI is InChI=1S/C13H17F2NO3/c1-8(7-17)3-2-4-16-12-10(14)5-9(13(18)19)6-11(12)15/h5-6,8,16-17H,2-4,7H2,1H3,(H,18,19). The van der Waals surface area contributed by atoms with Crippen LogP contribution in [-0.4, -0.2) is 29.3 Å². The molecule has 0 saturated heterocycles. The van der Waals surface area contributed by atoms with E-state index in [0.29, 0.717) is 13.0 Å². The fraction of sp³-hybridized carbons (Fsp3) is 0.462. The maximum atomic E-state index is 13.5. The topological polar surface area (TPSA) is 69.6 Å². The van der Waals surface area contributed by atoms with Gasteiger partial charge in [0.1, 0.15) is 17.3 Å². The predicted octanol–water partition coefficient (Wildman–Crippen LogP) is 2.48. The number of rotatable bonds is 7. The number of anilines is 1. The summed E-state index contributed by atoms with van der Waals surface area (Å²) in [6.07, 6.45) is 1.39. The van der Waals surface area contributed by atoms with Crippen molar-refractivity contribution in [2.45, 2.75) is 19.8 Å². The summed E-state index contributed by atoms with van der Waals surface area (Å²) in [4.78, 5) is 10.6. The van der Waals surface area contributed by atoms with Crippen molar-refractivity contribution in [3.05, 3.63) is 29.3 Å². The molecule has 0 radical (unpaired) electrons. The molecule has 0 aliphatic carbocycles. The molecule has 0 spiro atoms. The molecule has 1 unspecified atom stereocenters. The Morgan fingerprint density at radius 1 is 1.37 bits per heavy atom. The first-order valence-electron chi connectivity index (χ1n) is 6.02. The van der Waals surface area contributed by atoms with Crippen molar-refractivity contribution in [1.29, 1.82) is 0 Å². The Kier molecular flexibility index (Phi) is 5.69. The average Bonchev–Trinajstić information content (AvgIpc) is 2.36. The molecule has 3 N–H and O–H groups in total. The summed E-state index contributed by atoms with van der Waals surface area (Å²) in [6, 6.07) is 1.56. The van der Waals surface area contributed by atoms with E-state index in [2.05, 4.69) is 5.32 Å². The molecule has 1 atom stereocenters. The molecular formula is C13H17F2NO3.